The lowest BCUT2D eigenvalue weighted by Crippen LogP contribution is -2.39. The van der Waals surface area contributed by atoms with Crippen molar-refractivity contribution in [1.29, 1.82) is 0 Å². The number of aliphatic carboxylic acids is 1. The molecular formula is C31H70ClN2O2+. The normalized spacial score (nSPS) is 10.7. The molecule has 0 aliphatic heterocycles. The maximum Gasteiger partial charge on any atom is 0.303 e. The van der Waals surface area contributed by atoms with Gasteiger partial charge in [-0.25, -0.2) is 0 Å². The second-order valence-electron chi connectivity index (χ2n) is 11.2. The van der Waals surface area contributed by atoms with E-state index >= 15 is 0 Å². The molecule has 36 heavy (non-hydrogen) atoms. The zero-order valence-electron chi connectivity index (χ0n) is 25.6. The smallest absolute Gasteiger partial charge is 0.303 e. The average molecular weight is 538 g/mol. The molecule has 0 unspecified atom stereocenters. The first-order valence-electron chi connectivity index (χ1n) is 15.4. The molecule has 5 heteroatoms. The first-order valence-corrected chi connectivity index (χ1v) is 15.4. The number of nitrogens with zero attached hydrogens (tertiary/aromatic N) is 1. The van der Waals surface area contributed by atoms with Gasteiger partial charge in [-0.2, -0.15) is 0 Å². The quantitative estimate of drug-likeness (QED) is 0.0897. The summed E-state index contributed by atoms with van der Waals surface area (Å²) in [5.41, 5.74) is 0. The molecule has 0 aromatic heterocycles. The Balaban J connectivity index is -0.000000362. The molecule has 4 nitrogen and oxygen atoms in total. The Hall–Kier alpha value is -0.320. The van der Waals surface area contributed by atoms with E-state index in [0.29, 0.717) is 6.42 Å². The van der Waals surface area contributed by atoms with Gasteiger partial charge >= 0.3 is 5.97 Å². The number of halogens is 1. The number of hydrogen-bond acceptors (Lipinski definition) is 2. The van der Waals surface area contributed by atoms with Crippen molar-refractivity contribution >= 4 is 18.4 Å². The number of quaternary nitrogens is 1. The average Bonchev–Trinajstić information content (AvgIpc) is 2.81. The van der Waals surface area contributed by atoms with Gasteiger partial charge in [0.1, 0.15) is 0 Å². The molecule has 0 aliphatic rings. The lowest BCUT2D eigenvalue weighted by atomic mass is 10.0. The maximum atomic E-state index is 10.4. The van der Waals surface area contributed by atoms with Crippen LogP contribution < -0.4 is 6.15 Å². The molecule has 0 bridgehead atoms. The highest BCUT2D eigenvalue weighted by Gasteiger charge is 2.09. The third kappa shape index (κ3) is 40.8. The predicted octanol–water partition coefficient (Wildman–Crippen LogP) is 10.7. The maximum absolute atomic E-state index is 10.4. The van der Waals surface area contributed by atoms with Gasteiger partial charge < -0.3 is 15.7 Å². The zero-order valence-corrected chi connectivity index (χ0v) is 26.4. The second kappa shape index (κ2) is 34.7. The number of carboxylic acids is 1. The molecule has 0 spiro atoms. The summed E-state index contributed by atoms with van der Waals surface area (Å²) in [4.78, 5) is 10.4. The summed E-state index contributed by atoms with van der Waals surface area (Å²) in [6.45, 7) is 9.39. The van der Waals surface area contributed by atoms with Gasteiger partial charge in [-0.3, -0.25) is 4.79 Å². The SMILES string of the molecule is CCCCCCCCCCCCCCCCCCCCCC(=O)O.CCCCC[N+](C)(C)CC.Cl.N. The Morgan fingerprint density at radius 3 is 1.08 bits per heavy atom. The number of carboxylic acid groups (broad SMARTS) is 1. The van der Waals surface area contributed by atoms with Crippen LogP contribution in [0.2, 0.25) is 0 Å². The highest BCUT2D eigenvalue weighted by molar-refractivity contribution is 5.85. The van der Waals surface area contributed by atoms with Crippen LogP contribution in [0.5, 0.6) is 0 Å². The highest BCUT2D eigenvalue weighted by atomic mass is 35.5. The second-order valence-corrected chi connectivity index (χ2v) is 11.2. The monoisotopic (exact) mass is 538 g/mol. The number of rotatable bonds is 25. The Bertz CT molecular complexity index is 406. The van der Waals surface area contributed by atoms with Gasteiger partial charge in [0.2, 0.25) is 0 Å². The van der Waals surface area contributed by atoms with Gasteiger partial charge in [-0.1, -0.05) is 136 Å². The molecule has 0 aliphatic carbocycles. The first kappa shape index (κ1) is 42.8. The molecule has 0 fully saturated rings. The van der Waals surface area contributed by atoms with Crippen LogP contribution in [0.1, 0.15) is 168 Å². The van der Waals surface area contributed by atoms with E-state index in [2.05, 4.69) is 34.9 Å². The van der Waals surface area contributed by atoms with E-state index in [1.54, 1.807) is 0 Å². The standard InChI is InChI=1S/C22H44O2.C9H22N.ClH.H3N/c1-2-3-4-5-6-7-8-9-10-11-12-13-14-15-16-17-18-19-20-21-22(23)24;1-5-7-8-9-10(3,4)6-2;;/h2-21H2,1H3,(H,23,24);5-9H2,1-4H3;1H;1H3/q;+1;;. The van der Waals surface area contributed by atoms with Crippen LogP contribution in [-0.2, 0) is 4.79 Å². The lowest BCUT2D eigenvalue weighted by Gasteiger charge is -2.27. The molecule has 4 N–H and O–H groups in total. The molecular weight excluding hydrogens is 468 g/mol. The summed E-state index contributed by atoms with van der Waals surface area (Å²) in [6, 6.07) is 0. The van der Waals surface area contributed by atoms with Crippen LogP contribution in [0.4, 0.5) is 0 Å². The molecule has 0 aromatic rings. The van der Waals surface area contributed by atoms with E-state index in [0.717, 1.165) is 12.8 Å². The van der Waals surface area contributed by atoms with Crippen LogP contribution in [-0.4, -0.2) is 42.7 Å². The van der Waals surface area contributed by atoms with Crippen molar-refractivity contribution in [2.75, 3.05) is 27.2 Å². The highest BCUT2D eigenvalue weighted by Crippen LogP contribution is 2.14. The van der Waals surface area contributed by atoms with Crippen molar-refractivity contribution in [3.63, 3.8) is 0 Å². The van der Waals surface area contributed by atoms with Gasteiger partial charge in [0, 0.05) is 6.42 Å². The molecule has 0 radical (unpaired) electrons. The van der Waals surface area contributed by atoms with E-state index in [-0.39, 0.29) is 18.6 Å². The summed E-state index contributed by atoms with van der Waals surface area (Å²) in [7, 11) is 4.60. The van der Waals surface area contributed by atoms with Crippen LogP contribution in [0, 0.1) is 0 Å². The van der Waals surface area contributed by atoms with Crippen molar-refractivity contribution < 1.29 is 14.4 Å². The van der Waals surface area contributed by atoms with Crippen LogP contribution in [0.3, 0.4) is 0 Å². The van der Waals surface area contributed by atoms with E-state index in [9.17, 15) is 4.79 Å². The van der Waals surface area contributed by atoms with Crippen LogP contribution in [0.25, 0.3) is 0 Å². The fourth-order valence-electron chi connectivity index (χ4n) is 4.30. The first-order chi connectivity index (χ1) is 16.4. The molecule has 0 rings (SSSR count). The summed E-state index contributed by atoms with van der Waals surface area (Å²) in [5.74, 6) is -0.651. The molecule has 222 valence electrons. The molecule has 0 aromatic carbocycles. The van der Waals surface area contributed by atoms with E-state index in [4.69, 9.17) is 5.11 Å². The topological polar surface area (TPSA) is 72.3 Å². The van der Waals surface area contributed by atoms with Gasteiger partial charge in [0.15, 0.2) is 0 Å². The van der Waals surface area contributed by atoms with Crippen LogP contribution in [0.15, 0.2) is 0 Å². The Kier molecular flexibility index (Phi) is 41.2. The molecule has 0 amide bonds. The summed E-state index contributed by atoms with van der Waals surface area (Å²) >= 11 is 0. The van der Waals surface area contributed by atoms with Gasteiger partial charge in [0.05, 0.1) is 27.2 Å². The Morgan fingerprint density at radius 2 is 0.806 bits per heavy atom. The third-order valence-corrected chi connectivity index (χ3v) is 7.22. The number of unbranched alkanes of at least 4 members (excludes halogenated alkanes) is 20. The minimum atomic E-state index is -0.651. The zero-order chi connectivity index (χ0) is 25.8. The third-order valence-electron chi connectivity index (χ3n) is 7.22. The van der Waals surface area contributed by atoms with Gasteiger partial charge in [0.25, 0.3) is 0 Å². The fourth-order valence-corrected chi connectivity index (χ4v) is 4.30. The van der Waals surface area contributed by atoms with E-state index < -0.39 is 5.97 Å². The van der Waals surface area contributed by atoms with Crippen molar-refractivity contribution in [3.8, 4) is 0 Å². The van der Waals surface area contributed by atoms with Crippen molar-refractivity contribution in [1.82, 2.24) is 6.15 Å². The van der Waals surface area contributed by atoms with Crippen molar-refractivity contribution in [2.24, 2.45) is 0 Å². The van der Waals surface area contributed by atoms with Crippen molar-refractivity contribution in [3.05, 3.63) is 0 Å². The lowest BCUT2D eigenvalue weighted by molar-refractivity contribution is -0.888. The van der Waals surface area contributed by atoms with E-state index in [1.165, 1.54) is 146 Å². The molecule has 0 heterocycles. The van der Waals surface area contributed by atoms with Crippen LogP contribution >= 0.6 is 12.4 Å². The molecule has 0 saturated heterocycles. The summed E-state index contributed by atoms with van der Waals surface area (Å²) < 4.78 is 1.18. The predicted molar refractivity (Wildman–Crippen MR) is 165 cm³/mol. The van der Waals surface area contributed by atoms with E-state index in [1.807, 2.05) is 0 Å². The largest absolute Gasteiger partial charge is 0.481 e. The summed E-state index contributed by atoms with van der Waals surface area (Å²) in [5, 5.41) is 8.56. The minimum absolute atomic E-state index is 0. The molecule has 0 atom stereocenters. The number of hydrogen-bond donors (Lipinski definition) is 2. The Labute approximate surface area is 234 Å². The molecule has 0 saturated carbocycles. The van der Waals surface area contributed by atoms with Gasteiger partial charge in [-0.15, -0.1) is 12.4 Å². The minimum Gasteiger partial charge on any atom is -0.481 e. The summed E-state index contributed by atoms with van der Waals surface area (Å²) in [6.07, 6.45) is 30.2. The fraction of sp³-hybridized carbons (Fsp3) is 0.968. The Morgan fingerprint density at radius 1 is 0.528 bits per heavy atom. The number of carbonyl (C=O) groups is 1. The van der Waals surface area contributed by atoms with Crippen molar-refractivity contribution in [2.45, 2.75) is 168 Å². The van der Waals surface area contributed by atoms with Gasteiger partial charge in [-0.05, 0) is 26.2 Å².